The van der Waals surface area contributed by atoms with Crippen LogP contribution in [-0.4, -0.2) is 59.1 Å². The number of tetrazole rings is 1. The van der Waals surface area contributed by atoms with Gasteiger partial charge in [0.25, 0.3) is 0 Å². The van der Waals surface area contributed by atoms with E-state index in [1.165, 1.54) is 16.7 Å². The van der Waals surface area contributed by atoms with E-state index in [0.717, 1.165) is 45.6 Å². The summed E-state index contributed by atoms with van der Waals surface area (Å²) in [6, 6.07) is 17.2. The van der Waals surface area contributed by atoms with E-state index in [2.05, 4.69) is 44.7 Å². The normalized spacial score (nSPS) is 20.8. The summed E-state index contributed by atoms with van der Waals surface area (Å²) in [7, 11) is 0. The predicted octanol–water partition coefficient (Wildman–Crippen LogP) is 1.49. The Kier molecular flexibility index (Phi) is 5.90. The molecule has 0 bridgehead atoms. The number of piperazine rings is 1. The lowest BCUT2D eigenvalue weighted by atomic mass is 10.0. The number of halogens is 1. The highest BCUT2D eigenvalue weighted by atomic mass is 19.1. The lowest BCUT2D eigenvalue weighted by molar-refractivity contribution is -0.927. The van der Waals surface area contributed by atoms with Crippen molar-refractivity contribution < 1.29 is 14.0 Å². The molecule has 3 heterocycles. The molecule has 8 heteroatoms. The van der Waals surface area contributed by atoms with Crippen LogP contribution in [0.15, 0.2) is 54.6 Å². The molecule has 2 aromatic carbocycles. The Balaban J connectivity index is 1.42. The van der Waals surface area contributed by atoms with Crippen LogP contribution in [0.5, 0.6) is 0 Å². The molecule has 0 amide bonds. The molecule has 5 rings (SSSR count). The van der Waals surface area contributed by atoms with Gasteiger partial charge in [-0.1, -0.05) is 30.3 Å². The third kappa shape index (κ3) is 4.31. The number of nitrogens with one attached hydrogen (secondary N) is 1. The molecule has 0 aliphatic carbocycles. The largest absolute Gasteiger partial charge is 0.376 e. The molecule has 2 saturated heterocycles. The Bertz CT molecular complexity index is 982. The molecule has 2 aliphatic rings. The smallest absolute Gasteiger partial charge is 0.214 e. The second kappa shape index (κ2) is 9.11. The van der Waals surface area contributed by atoms with Crippen molar-refractivity contribution in [2.45, 2.75) is 31.5 Å². The second-order valence-corrected chi connectivity index (χ2v) is 8.29. The molecule has 2 fully saturated rings. The van der Waals surface area contributed by atoms with E-state index in [1.54, 1.807) is 6.07 Å². The molecule has 31 heavy (non-hydrogen) atoms. The SMILES string of the molecule is Fc1ccccc1[C@@H](c1nnnn1C[C@@H]1CCCO1)[NH+]1CCN(c2ccccc2)CC1. The van der Waals surface area contributed by atoms with Crippen LogP contribution in [0.25, 0.3) is 0 Å². The summed E-state index contributed by atoms with van der Waals surface area (Å²) in [5.74, 6) is 0.501. The number of quaternary nitrogens is 1. The number of rotatable bonds is 6. The maximum Gasteiger partial charge on any atom is 0.214 e. The molecule has 0 unspecified atom stereocenters. The van der Waals surface area contributed by atoms with Crippen molar-refractivity contribution >= 4 is 5.69 Å². The average Bonchev–Trinajstić information content (AvgIpc) is 3.49. The Labute approximate surface area is 181 Å². The van der Waals surface area contributed by atoms with E-state index in [9.17, 15) is 4.39 Å². The first-order chi connectivity index (χ1) is 15.3. The quantitative estimate of drug-likeness (QED) is 0.651. The van der Waals surface area contributed by atoms with Crippen LogP contribution in [0, 0.1) is 5.82 Å². The second-order valence-electron chi connectivity index (χ2n) is 8.29. The third-order valence-electron chi connectivity index (χ3n) is 6.37. The van der Waals surface area contributed by atoms with Gasteiger partial charge < -0.3 is 14.5 Å². The fourth-order valence-corrected chi connectivity index (χ4v) is 4.76. The van der Waals surface area contributed by atoms with Crippen LogP contribution in [0.2, 0.25) is 0 Å². The van der Waals surface area contributed by atoms with E-state index in [-0.39, 0.29) is 18.0 Å². The summed E-state index contributed by atoms with van der Waals surface area (Å²) in [6.07, 6.45) is 2.19. The van der Waals surface area contributed by atoms with Gasteiger partial charge in [-0.3, -0.25) is 0 Å². The van der Waals surface area contributed by atoms with Gasteiger partial charge in [0.05, 0.1) is 44.4 Å². The molecule has 0 spiro atoms. The molecule has 3 aromatic rings. The highest BCUT2D eigenvalue weighted by Crippen LogP contribution is 2.23. The van der Waals surface area contributed by atoms with E-state index >= 15 is 0 Å². The highest BCUT2D eigenvalue weighted by Gasteiger charge is 2.36. The molecule has 1 aromatic heterocycles. The highest BCUT2D eigenvalue weighted by molar-refractivity contribution is 5.46. The van der Waals surface area contributed by atoms with Gasteiger partial charge in [0, 0.05) is 12.3 Å². The topological polar surface area (TPSA) is 60.5 Å². The number of aromatic nitrogens is 4. The number of hydrogen-bond donors (Lipinski definition) is 1. The zero-order chi connectivity index (χ0) is 21.0. The van der Waals surface area contributed by atoms with Crippen molar-refractivity contribution in [1.29, 1.82) is 0 Å². The van der Waals surface area contributed by atoms with Crippen molar-refractivity contribution in [3.05, 3.63) is 71.8 Å². The third-order valence-corrected chi connectivity index (χ3v) is 6.37. The van der Waals surface area contributed by atoms with Crippen molar-refractivity contribution in [2.75, 3.05) is 37.7 Å². The molecular weight excluding hydrogens is 395 g/mol. The van der Waals surface area contributed by atoms with Gasteiger partial charge in [-0.25, -0.2) is 9.07 Å². The molecule has 0 saturated carbocycles. The van der Waals surface area contributed by atoms with Crippen molar-refractivity contribution in [3.8, 4) is 0 Å². The van der Waals surface area contributed by atoms with Crippen LogP contribution in [0.3, 0.4) is 0 Å². The van der Waals surface area contributed by atoms with Crippen LogP contribution < -0.4 is 9.80 Å². The minimum Gasteiger partial charge on any atom is -0.376 e. The van der Waals surface area contributed by atoms with Crippen LogP contribution in [0.4, 0.5) is 10.1 Å². The van der Waals surface area contributed by atoms with Crippen molar-refractivity contribution in [1.82, 2.24) is 20.2 Å². The van der Waals surface area contributed by atoms with Crippen LogP contribution >= 0.6 is 0 Å². The van der Waals surface area contributed by atoms with E-state index in [4.69, 9.17) is 4.74 Å². The summed E-state index contributed by atoms with van der Waals surface area (Å²) in [5, 5.41) is 12.6. The molecule has 7 nitrogen and oxygen atoms in total. The van der Waals surface area contributed by atoms with Gasteiger partial charge in [0.1, 0.15) is 5.82 Å². The van der Waals surface area contributed by atoms with Crippen LogP contribution in [0.1, 0.15) is 30.3 Å². The number of para-hydroxylation sites is 1. The molecule has 1 N–H and O–H groups in total. The van der Waals surface area contributed by atoms with Crippen LogP contribution in [-0.2, 0) is 11.3 Å². The predicted molar refractivity (Wildman–Crippen MR) is 114 cm³/mol. The maximum atomic E-state index is 14.9. The molecule has 0 radical (unpaired) electrons. The first-order valence-corrected chi connectivity index (χ1v) is 11.1. The minimum atomic E-state index is -0.254. The Morgan fingerprint density at radius 2 is 1.84 bits per heavy atom. The molecule has 162 valence electrons. The van der Waals surface area contributed by atoms with Crippen molar-refractivity contribution in [2.24, 2.45) is 0 Å². The van der Waals surface area contributed by atoms with Gasteiger partial charge in [-0.15, -0.1) is 5.10 Å². The first-order valence-electron chi connectivity index (χ1n) is 11.1. The molecule has 2 atom stereocenters. The molecular formula is C23H28FN6O+. The zero-order valence-electron chi connectivity index (χ0n) is 17.5. The van der Waals surface area contributed by atoms with E-state index in [0.29, 0.717) is 17.9 Å². The Morgan fingerprint density at radius 1 is 1.06 bits per heavy atom. The fourth-order valence-electron chi connectivity index (χ4n) is 4.76. The Hall–Kier alpha value is -2.84. The number of hydrogen-bond acceptors (Lipinski definition) is 5. The summed E-state index contributed by atoms with van der Waals surface area (Å²) >= 11 is 0. The minimum absolute atomic E-state index is 0.119. The number of ether oxygens (including phenoxy) is 1. The first kappa shape index (κ1) is 20.1. The lowest BCUT2D eigenvalue weighted by Gasteiger charge is -2.37. The zero-order valence-corrected chi connectivity index (χ0v) is 17.5. The van der Waals surface area contributed by atoms with Gasteiger partial charge in [0.2, 0.25) is 5.82 Å². The van der Waals surface area contributed by atoms with E-state index in [1.807, 2.05) is 22.9 Å². The van der Waals surface area contributed by atoms with Crippen molar-refractivity contribution in [3.63, 3.8) is 0 Å². The van der Waals surface area contributed by atoms with E-state index < -0.39 is 0 Å². The molecule has 2 aliphatic heterocycles. The van der Waals surface area contributed by atoms with Gasteiger partial charge in [-0.2, -0.15) is 0 Å². The summed E-state index contributed by atoms with van der Waals surface area (Å²) in [6.45, 7) is 4.94. The van der Waals surface area contributed by atoms with Gasteiger partial charge in [0.15, 0.2) is 6.04 Å². The maximum absolute atomic E-state index is 14.9. The summed E-state index contributed by atoms with van der Waals surface area (Å²) in [4.78, 5) is 3.66. The number of anilines is 1. The monoisotopic (exact) mass is 423 g/mol. The standard InChI is InChI=1S/C23H27FN6O/c24-21-11-5-4-10-20(21)22(23-25-26-27-30(23)17-19-9-6-16-31-19)29-14-12-28(13-15-29)18-7-2-1-3-8-18/h1-5,7-8,10-11,19,22H,6,9,12-17H2/p+1/t19-,22-/m0/s1. The lowest BCUT2D eigenvalue weighted by Crippen LogP contribution is -3.15. The number of nitrogens with zero attached hydrogens (tertiary/aromatic N) is 5. The van der Waals surface area contributed by atoms with Gasteiger partial charge in [-0.05, 0) is 47.5 Å². The Morgan fingerprint density at radius 3 is 2.58 bits per heavy atom. The number of benzene rings is 2. The van der Waals surface area contributed by atoms with Gasteiger partial charge >= 0.3 is 0 Å². The fraction of sp³-hybridized carbons (Fsp3) is 0.435. The average molecular weight is 424 g/mol. The summed E-state index contributed by atoms with van der Waals surface area (Å²) in [5.41, 5.74) is 1.88. The summed E-state index contributed by atoms with van der Waals surface area (Å²) < 4.78 is 22.6.